The molecule has 0 amide bonds. The lowest BCUT2D eigenvalue weighted by Crippen LogP contribution is -2.45. The number of aromatic nitrogens is 1. The molecule has 0 aliphatic carbocycles. The van der Waals surface area contributed by atoms with E-state index in [9.17, 15) is 8.42 Å². The van der Waals surface area contributed by atoms with Crippen molar-refractivity contribution in [3.05, 3.63) is 53.9 Å². The van der Waals surface area contributed by atoms with Gasteiger partial charge in [0.05, 0.1) is 0 Å². The first-order valence-corrected chi connectivity index (χ1v) is 8.98. The molecule has 128 valence electrons. The summed E-state index contributed by atoms with van der Waals surface area (Å²) in [5.41, 5.74) is 6.96. The zero-order chi connectivity index (χ0) is 18.2. The highest BCUT2D eigenvalue weighted by Gasteiger charge is 2.46. The van der Waals surface area contributed by atoms with Crippen molar-refractivity contribution in [1.29, 1.82) is 5.26 Å². The summed E-state index contributed by atoms with van der Waals surface area (Å²) in [6, 6.07) is 12.1. The zero-order valence-electron chi connectivity index (χ0n) is 13.7. The van der Waals surface area contributed by atoms with Crippen LogP contribution in [0, 0.1) is 11.3 Å². The number of pyridine rings is 1. The summed E-state index contributed by atoms with van der Waals surface area (Å²) in [4.78, 5) is 3.94. The molecule has 2 heterocycles. The van der Waals surface area contributed by atoms with Crippen LogP contribution in [0.5, 0.6) is 0 Å². The van der Waals surface area contributed by atoms with E-state index in [2.05, 4.69) is 9.38 Å². The van der Waals surface area contributed by atoms with Crippen LogP contribution in [0.25, 0.3) is 11.1 Å². The molecular formula is C17H16N4O3S. The maximum Gasteiger partial charge on any atom is 0.298 e. The number of hydrogen-bond acceptors (Lipinski definition) is 6. The smallest absolute Gasteiger partial charge is 0.298 e. The molecule has 0 bridgehead atoms. The van der Waals surface area contributed by atoms with Crippen LogP contribution in [-0.2, 0) is 14.8 Å². The van der Waals surface area contributed by atoms with Crippen LogP contribution in [0.15, 0.2) is 47.0 Å². The predicted octanol–water partition coefficient (Wildman–Crippen LogP) is 2.11. The molecule has 2 N–H and O–H groups in total. The van der Waals surface area contributed by atoms with Gasteiger partial charge in [0.1, 0.15) is 22.6 Å². The van der Waals surface area contributed by atoms with Crippen molar-refractivity contribution in [3.63, 3.8) is 0 Å². The number of nitrogens with zero attached hydrogens (tertiary/aromatic N) is 3. The second-order valence-corrected chi connectivity index (χ2v) is 7.88. The summed E-state index contributed by atoms with van der Waals surface area (Å²) in [5.74, 6) is 0. The van der Waals surface area contributed by atoms with E-state index in [1.807, 2.05) is 6.07 Å². The third-order valence-electron chi connectivity index (χ3n) is 3.94. The van der Waals surface area contributed by atoms with Gasteiger partial charge in [-0.25, -0.2) is 13.4 Å². The molecule has 1 aliphatic rings. The quantitative estimate of drug-likeness (QED) is 0.880. The van der Waals surface area contributed by atoms with Gasteiger partial charge in [0.25, 0.3) is 16.0 Å². The Morgan fingerprint density at radius 1 is 1.20 bits per heavy atom. The average molecular weight is 356 g/mol. The molecule has 0 spiro atoms. The molecular weight excluding hydrogens is 340 g/mol. The molecule has 2 aromatic rings. The third kappa shape index (κ3) is 3.19. The Bertz CT molecular complexity index is 989. The number of nitrogens with two attached hydrogens (primary N) is 1. The van der Waals surface area contributed by atoms with E-state index < -0.39 is 20.9 Å². The van der Waals surface area contributed by atoms with Crippen LogP contribution >= 0.6 is 0 Å². The SMILES string of the molecule is CC1(C)OC(N)=NS(=O)(=O)C1c1ccc(-c2ccnc(C#N)c2)cc1. The molecule has 1 atom stereocenters. The van der Waals surface area contributed by atoms with Crippen LogP contribution in [-0.4, -0.2) is 25.0 Å². The molecule has 8 heteroatoms. The normalized spacial score (nSPS) is 20.8. The average Bonchev–Trinajstić information content (AvgIpc) is 2.53. The minimum atomic E-state index is -3.84. The molecule has 1 aliphatic heterocycles. The van der Waals surface area contributed by atoms with E-state index in [-0.39, 0.29) is 6.02 Å². The molecule has 1 aromatic heterocycles. The number of rotatable bonds is 2. The van der Waals surface area contributed by atoms with Crippen LogP contribution in [0.4, 0.5) is 0 Å². The summed E-state index contributed by atoms with van der Waals surface area (Å²) in [6.45, 7) is 3.32. The predicted molar refractivity (Wildman–Crippen MR) is 92.8 cm³/mol. The first kappa shape index (κ1) is 16.9. The Balaban J connectivity index is 2.01. The summed E-state index contributed by atoms with van der Waals surface area (Å²) < 4.78 is 33.8. The maximum absolute atomic E-state index is 12.5. The fourth-order valence-electron chi connectivity index (χ4n) is 2.97. The highest BCUT2D eigenvalue weighted by Crippen LogP contribution is 2.40. The summed E-state index contributed by atoms with van der Waals surface area (Å²) in [6.07, 6.45) is 1.56. The van der Waals surface area contributed by atoms with Crippen LogP contribution in [0.3, 0.4) is 0 Å². The van der Waals surface area contributed by atoms with Crippen molar-refractivity contribution in [3.8, 4) is 17.2 Å². The summed E-state index contributed by atoms with van der Waals surface area (Å²) in [7, 11) is -3.84. The highest BCUT2D eigenvalue weighted by atomic mass is 32.2. The molecule has 0 saturated heterocycles. The Hall–Kier alpha value is -2.92. The van der Waals surface area contributed by atoms with Gasteiger partial charge in [-0.05, 0) is 42.7 Å². The fourth-order valence-corrected chi connectivity index (χ4v) is 4.63. The fraction of sp³-hybridized carbons (Fsp3) is 0.235. The summed E-state index contributed by atoms with van der Waals surface area (Å²) in [5, 5.41) is 7.98. The molecule has 1 aromatic carbocycles. The van der Waals surface area contributed by atoms with Crippen molar-refractivity contribution in [1.82, 2.24) is 4.98 Å². The maximum atomic E-state index is 12.5. The van der Waals surface area contributed by atoms with E-state index in [4.69, 9.17) is 15.7 Å². The Morgan fingerprint density at radius 2 is 1.88 bits per heavy atom. The summed E-state index contributed by atoms with van der Waals surface area (Å²) >= 11 is 0. The number of hydrogen-bond donors (Lipinski definition) is 1. The number of sulfonamides is 1. The van der Waals surface area contributed by atoms with Gasteiger partial charge < -0.3 is 10.5 Å². The van der Waals surface area contributed by atoms with Crippen LogP contribution in [0.1, 0.15) is 30.4 Å². The van der Waals surface area contributed by atoms with Gasteiger partial charge in [0, 0.05) is 6.20 Å². The van der Waals surface area contributed by atoms with E-state index in [0.717, 1.165) is 11.1 Å². The molecule has 0 saturated carbocycles. The highest BCUT2D eigenvalue weighted by molar-refractivity contribution is 7.90. The zero-order valence-corrected chi connectivity index (χ0v) is 14.5. The number of nitriles is 1. The Labute approximate surface area is 145 Å². The van der Waals surface area contributed by atoms with Crippen molar-refractivity contribution in [2.75, 3.05) is 0 Å². The number of ether oxygens (including phenoxy) is 1. The number of amidine groups is 1. The lowest BCUT2D eigenvalue weighted by Gasteiger charge is -2.36. The van der Waals surface area contributed by atoms with Gasteiger partial charge in [-0.15, -0.1) is 4.40 Å². The molecule has 1 unspecified atom stereocenters. The van der Waals surface area contributed by atoms with E-state index >= 15 is 0 Å². The molecule has 7 nitrogen and oxygen atoms in total. The molecule has 0 radical (unpaired) electrons. The lowest BCUT2D eigenvalue weighted by molar-refractivity contribution is 0.0827. The van der Waals surface area contributed by atoms with Gasteiger partial charge in [0.2, 0.25) is 0 Å². The number of benzene rings is 1. The minimum Gasteiger partial charge on any atom is -0.457 e. The minimum absolute atomic E-state index is 0.316. The second-order valence-electron chi connectivity index (χ2n) is 6.19. The largest absolute Gasteiger partial charge is 0.457 e. The van der Waals surface area contributed by atoms with E-state index in [1.54, 1.807) is 56.4 Å². The van der Waals surface area contributed by atoms with E-state index in [0.29, 0.717) is 11.3 Å². The molecule has 0 fully saturated rings. The van der Waals surface area contributed by atoms with Gasteiger partial charge >= 0.3 is 0 Å². The third-order valence-corrected chi connectivity index (χ3v) is 5.81. The van der Waals surface area contributed by atoms with Crippen LogP contribution in [0.2, 0.25) is 0 Å². The van der Waals surface area contributed by atoms with Gasteiger partial charge in [-0.3, -0.25) is 0 Å². The van der Waals surface area contributed by atoms with Gasteiger partial charge in [-0.2, -0.15) is 5.26 Å². The molecule has 3 rings (SSSR count). The molecule has 25 heavy (non-hydrogen) atoms. The van der Waals surface area contributed by atoms with Gasteiger partial charge in [0.15, 0.2) is 0 Å². The Kier molecular flexibility index (Phi) is 3.97. The van der Waals surface area contributed by atoms with Crippen molar-refractivity contribution in [2.45, 2.75) is 24.7 Å². The topological polar surface area (TPSA) is 118 Å². The first-order valence-electron chi connectivity index (χ1n) is 7.48. The Morgan fingerprint density at radius 3 is 2.48 bits per heavy atom. The van der Waals surface area contributed by atoms with Crippen molar-refractivity contribution >= 4 is 16.0 Å². The second kappa shape index (κ2) is 5.86. The van der Waals surface area contributed by atoms with E-state index in [1.165, 1.54) is 0 Å². The first-order chi connectivity index (χ1) is 11.7. The standard InChI is InChI=1S/C17H16N4O3S/c1-17(2)15(25(22,23)21-16(19)24-17)12-5-3-11(4-6-12)13-7-8-20-14(9-13)10-18/h3-9,15H,1-2H3,(H2,19,21). The van der Waals surface area contributed by atoms with Gasteiger partial charge in [-0.1, -0.05) is 24.3 Å². The van der Waals surface area contributed by atoms with Crippen molar-refractivity contribution in [2.24, 2.45) is 10.1 Å². The van der Waals surface area contributed by atoms with Crippen molar-refractivity contribution < 1.29 is 13.2 Å². The lowest BCUT2D eigenvalue weighted by atomic mass is 9.95. The monoisotopic (exact) mass is 356 g/mol. The van der Waals surface area contributed by atoms with Crippen LogP contribution < -0.4 is 5.73 Å².